The van der Waals surface area contributed by atoms with Crippen LogP contribution in [0.2, 0.25) is 0 Å². The molecule has 1 saturated heterocycles. The highest BCUT2D eigenvalue weighted by molar-refractivity contribution is 5.81. The van der Waals surface area contributed by atoms with Crippen molar-refractivity contribution in [3.05, 3.63) is 23.9 Å². The lowest BCUT2D eigenvalue weighted by Gasteiger charge is -2.55. The molecule has 2 heterocycles. The Morgan fingerprint density at radius 1 is 1.21 bits per heavy atom. The van der Waals surface area contributed by atoms with Crippen molar-refractivity contribution in [1.29, 1.82) is 0 Å². The van der Waals surface area contributed by atoms with Crippen LogP contribution in [0.3, 0.4) is 0 Å². The summed E-state index contributed by atoms with van der Waals surface area (Å²) in [5.74, 6) is 1.02. The molecule has 1 aliphatic heterocycles. The van der Waals surface area contributed by atoms with E-state index in [0.29, 0.717) is 18.3 Å². The van der Waals surface area contributed by atoms with Gasteiger partial charge in [-0.25, -0.2) is 4.98 Å². The minimum absolute atomic E-state index is 0.0197. The van der Waals surface area contributed by atoms with Crippen molar-refractivity contribution in [2.45, 2.75) is 83.3 Å². The van der Waals surface area contributed by atoms with Gasteiger partial charge in [0.05, 0.1) is 5.60 Å². The predicted molar refractivity (Wildman–Crippen MR) is 108 cm³/mol. The third-order valence-corrected chi connectivity index (χ3v) is 6.86. The van der Waals surface area contributed by atoms with Gasteiger partial charge in [0.25, 0.3) is 0 Å². The molecule has 4 rings (SSSR count). The van der Waals surface area contributed by atoms with Crippen LogP contribution in [0, 0.1) is 11.3 Å². The Kier molecular flexibility index (Phi) is 4.72. The van der Waals surface area contributed by atoms with Gasteiger partial charge in [-0.1, -0.05) is 26.8 Å². The fraction of sp³-hybridized carbons (Fsp3) is 0.739. The van der Waals surface area contributed by atoms with Crippen LogP contribution in [0.4, 0.5) is 0 Å². The van der Waals surface area contributed by atoms with Gasteiger partial charge in [0.1, 0.15) is 6.10 Å². The Morgan fingerprint density at radius 3 is 2.43 bits per heavy atom. The zero-order valence-corrected chi connectivity index (χ0v) is 17.7. The molecule has 154 valence electrons. The SMILES string of the molecule is CC(C)(C)c1cccc(OC2CCC3(CC2)CN(C(=O)[C@H]2C[C@@](C)(O)C2)C3)n1. The highest BCUT2D eigenvalue weighted by atomic mass is 16.5. The summed E-state index contributed by atoms with van der Waals surface area (Å²) in [6, 6.07) is 6.04. The van der Waals surface area contributed by atoms with Crippen molar-refractivity contribution in [3.8, 4) is 5.88 Å². The Morgan fingerprint density at radius 2 is 1.86 bits per heavy atom. The minimum Gasteiger partial charge on any atom is -0.474 e. The number of ether oxygens (including phenoxy) is 1. The maximum Gasteiger partial charge on any atom is 0.225 e. The van der Waals surface area contributed by atoms with Crippen LogP contribution in [0.1, 0.15) is 71.9 Å². The van der Waals surface area contributed by atoms with Gasteiger partial charge in [0, 0.05) is 41.6 Å². The average Bonchev–Trinajstić information content (AvgIpc) is 2.57. The van der Waals surface area contributed by atoms with Gasteiger partial charge in [-0.2, -0.15) is 0 Å². The van der Waals surface area contributed by atoms with E-state index < -0.39 is 5.60 Å². The quantitative estimate of drug-likeness (QED) is 0.861. The van der Waals surface area contributed by atoms with Gasteiger partial charge in [-0.15, -0.1) is 0 Å². The van der Waals surface area contributed by atoms with Gasteiger partial charge < -0.3 is 14.7 Å². The molecule has 5 nitrogen and oxygen atoms in total. The van der Waals surface area contributed by atoms with E-state index >= 15 is 0 Å². The number of aliphatic hydroxyl groups is 1. The largest absolute Gasteiger partial charge is 0.474 e. The zero-order valence-electron chi connectivity index (χ0n) is 17.7. The van der Waals surface area contributed by atoms with Crippen LogP contribution in [-0.2, 0) is 10.2 Å². The number of rotatable bonds is 3. The summed E-state index contributed by atoms with van der Waals surface area (Å²) in [5, 5.41) is 9.87. The maximum absolute atomic E-state index is 12.5. The van der Waals surface area contributed by atoms with Crippen LogP contribution >= 0.6 is 0 Å². The van der Waals surface area contributed by atoms with Crippen molar-refractivity contribution in [2.75, 3.05) is 13.1 Å². The van der Waals surface area contributed by atoms with E-state index in [1.165, 1.54) is 0 Å². The summed E-state index contributed by atoms with van der Waals surface area (Å²) < 4.78 is 6.20. The zero-order chi connectivity index (χ0) is 20.2. The van der Waals surface area contributed by atoms with Crippen molar-refractivity contribution < 1.29 is 14.6 Å². The van der Waals surface area contributed by atoms with E-state index in [-0.39, 0.29) is 23.3 Å². The molecular weight excluding hydrogens is 352 g/mol. The summed E-state index contributed by atoms with van der Waals surface area (Å²) >= 11 is 0. The second-order valence-corrected chi connectivity index (χ2v) is 10.7. The first-order valence-corrected chi connectivity index (χ1v) is 10.7. The maximum atomic E-state index is 12.5. The average molecular weight is 387 g/mol. The molecule has 1 N–H and O–H groups in total. The lowest BCUT2D eigenvalue weighted by molar-refractivity contribution is -0.164. The Bertz CT molecular complexity index is 728. The first-order chi connectivity index (χ1) is 13.1. The number of carbonyl (C=O) groups is 1. The molecule has 0 aromatic carbocycles. The predicted octanol–water partition coefficient (Wildman–Crippen LogP) is 3.69. The number of hydrogen-bond donors (Lipinski definition) is 1. The van der Waals surface area contributed by atoms with E-state index in [1.54, 1.807) is 0 Å². The number of amides is 1. The number of pyridine rings is 1. The van der Waals surface area contributed by atoms with Crippen LogP contribution in [0.5, 0.6) is 5.88 Å². The molecule has 28 heavy (non-hydrogen) atoms. The molecule has 0 radical (unpaired) electrons. The highest BCUT2D eigenvalue weighted by Gasteiger charge is 2.51. The molecular formula is C23H34N2O3. The van der Waals surface area contributed by atoms with Crippen molar-refractivity contribution in [1.82, 2.24) is 9.88 Å². The molecule has 5 heteroatoms. The van der Waals surface area contributed by atoms with Crippen LogP contribution in [0.15, 0.2) is 18.2 Å². The standard InChI is InChI=1S/C23H34N2O3/c1-21(2,3)18-6-5-7-19(24-18)28-17-8-10-23(11-9-17)14-25(15-23)20(26)16-12-22(4,27)13-16/h5-7,16-17,27H,8-15H2,1-4H3/t16-,22+. The van der Waals surface area contributed by atoms with Crippen molar-refractivity contribution >= 4 is 5.91 Å². The van der Waals surface area contributed by atoms with Crippen LogP contribution < -0.4 is 4.74 Å². The smallest absolute Gasteiger partial charge is 0.225 e. The van der Waals surface area contributed by atoms with E-state index in [9.17, 15) is 9.90 Å². The lowest BCUT2D eigenvalue weighted by atomic mass is 9.66. The van der Waals surface area contributed by atoms with Gasteiger partial charge in [0.2, 0.25) is 11.8 Å². The normalized spacial score (nSPS) is 29.9. The first-order valence-electron chi connectivity index (χ1n) is 10.7. The third kappa shape index (κ3) is 3.91. The molecule has 1 aromatic rings. The van der Waals surface area contributed by atoms with Gasteiger partial charge >= 0.3 is 0 Å². The van der Waals surface area contributed by atoms with Crippen molar-refractivity contribution in [2.24, 2.45) is 11.3 Å². The Hall–Kier alpha value is -1.62. The monoisotopic (exact) mass is 386 g/mol. The van der Waals surface area contributed by atoms with Gasteiger partial charge in [0.15, 0.2) is 0 Å². The number of nitrogens with zero attached hydrogens (tertiary/aromatic N) is 2. The molecule has 2 saturated carbocycles. The molecule has 0 unspecified atom stereocenters. The van der Waals surface area contributed by atoms with E-state index in [1.807, 2.05) is 24.0 Å². The highest BCUT2D eigenvalue weighted by Crippen LogP contribution is 2.47. The fourth-order valence-corrected chi connectivity index (χ4v) is 5.06. The molecule has 2 aliphatic carbocycles. The van der Waals surface area contributed by atoms with E-state index in [4.69, 9.17) is 9.72 Å². The first kappa shape index (κ1) is 19.7. The molecule has 0 bridgehead atoms. The van der Waals surface area contributed by atoms with Gasteiger partial charge in [-0.05, 0) is 51.5 Å². The molecule has 3 fully saturated rings. The molecule has 0 atom stereocenters. The van der Waals surface area contributed by atoms with Gasteiger partial charge in [-0.3, -0.25) is 4.79 Å². The summed E-state index contributed by atoms with van der Waals surface area (Å²) in [4.78, 5) is 19.2. The summed E-state index contributed by atoms with van der Waals surface area (Å²) in [6.45, 7) is 10.1. The number of carbonyl (C=O) groups excluding carboxylic acids is 1. The summed E-state index contributed by atoms with van der Waals surface area (Å²) in [6.07, 6.45) is 5.74. The molecule has 1 amide bonds. The second kappa shape index (κ2) is 6.72. The Balaban J connectivity index is 1.25. The number of likely N-dealkylation sites (tertiary alicyclic amines) is 1. The van der Waals surface area contributed by atoms with Crippen molar-refractivity contribution in [3.63, 3.8) is 0 Å². The fourth-order valence-electron chi connectivity index (χ4n) is 5.06. The van der Waals surface area contributed by atoms with E-state index in [2.05, 4.69) is 26.8 Å². The van der Waals surface area contributed by atoms with Crippen LogP contribution in [0.25, 0.3) is 0 Å². The molecule has 1 spiro atoms. The molecule has 3 aliphatic rings. The topological polar surface area (TPSA) is 62.7 Å². The third-order valence-electron chi connectivity index (χ3n) is 6.86. The number of hydrogen-bond acceptors (Lipinski definition) is 4. The summed E-state index contributed by atoms with van der Waals surface area (Å²) in [5.41, 5.74) is 0.741. The summed E-state index contributed by atoms with van der Waals surface area (Å²) in [7, 11) is 0. The minimum atomic E-state index is -0.628. The number of aromatic nitrogens is 1. The second-order valence-electron chi connectivity index (χ2n) is 10.7. The van der Waals surface area contributed by atoms with E-state index in [0.717, 1.165) is 50.3 Å². The molecule has 1 aromatic heterocycles. The lowest BCUT2D eigenvalue weighted by Crippen LogP contribution is -2.63. The Labute approximate surface area is 168 Å². The van der Waals surface area contributed by atoms with Crippen LogP contribution in [-0.4, -0.2) is 45.7 Å².